The van der Waals surface area contributed by atoms with E-state index in [1.807, 2.05) is 19.5 Å². The molecule has 2 aromatic rings. The summed E-state index contributed by atoms with van der Waals surface area (Å²) in [5.41, 5.74) is 4.85. The first-order chi connectivity index (χ1) is 12.6. The number of anilines is 1. The van der Waals surface area contributed by atoms with Crippen LogP contribution >= 0.6 is 11.3 Å². The largest absolute Gasteiger partial charge is 0.322 e. The number of nitrogens with zero attached hydrogens (tertiary/aromatic N) is 5. The van der Waals surface area contributed by atoms with Crippen LogP contribution in [-0.4, -0.2) is 62.7 Å². The van der Waals surface area contributed by atoms with Crippen molar-refractivity contribution in [1.29, 1.82) is 0 Å². The number of amides is 1. The zero-order chi connectivity index (χ0) is 18.1. The van der Waals surface area contributed by atoms with Crippen LogP contribution in [0.1, 0.15) is 24.2 Å². The Labute approximate surface area is 158 Å². The van der Waals surface area contributed by atoms with E-state index in [0.717, 1.165) is 43.3 Å². The van der Waals surface area contributed by atoms with E-state index < -0.39 is 0 Å². The fourth-order valence-corrected chi connectivity index (χ4v) is 4.69. The van der Waals surface area contributed by atoms with Gasteiger partial charge >= 0.3 is 0 Å². The lowest BCUT2D eigenvalue weighted by atomic mass is 9.95. The number of aryl methyl sites for hydroxylation is 1. The summed E-state index contributed by atoms with van der Waals surface area (Å²) >= 11 is 1.66. The molecule has 3 saturated heterocycles. The Balaban J connectivity index is 1.37. The van der Waals surface area contributed by atoms with Gasteiger partial charge in [0.2, 0.25) is 5.91 Å². The van der Waals surface area contributed by atoms with Crippen molar-refractivity contribution in [2.75, 3.05) is 31.5 Å². The van der Waals surface area contributed by atoms with E-state index >= 15 is 0 Å². The van der Waals surface area contributed by atoms with Gasteiger partial charge in [0, 0.05) is 44.6 Å². The predicted molar refractivity (Wildman–Crippen MR) is 102 cm³/mol. The Morgan fingerprint density at radius 1 is 1.35 bits per heavy atom. The van der Waals surface area contributed by atoms with Crippen molar-refractivity contribution in [3.05, 3.63) is 28.5 Å². The number of piperidine rings is 1. The van der Waals surface area contributed by atoms with Crippen LogP contribution in [-0.2, 0) is 18.4 Å². The first kappa shape index (κ1) is 17.6. The molecule has 1 N–H and O–H groups in total. The van der Waals surface area contributed by atoms with E-state index in [1.165, 1.54) is 12.8 Å². The van der Waals surface area contributed by atoms with Crippen molar-refractivity contribution in [2.24, 2.45) is 13.0 Å². The quantitative estimate of drug-likeness (QED) is 0.863. The molecule has 2 aromatic heterocycles. The molecular weight excluding hydrogens is 348 g/mol. The summed E-state index contributed by atoms with van der Waals surface area (Å²) in [5, 5.41) is 9.34. The molecule has 2 bridgehead atoms. The number of hydrogen-bond acceptors (Lipinski definition) is 6. The zero-order valence-electron chi connectivity index (χ0n) is 15.4. The van der Waals surface area contributed by atoms with Gasteiger partial charge < -0.3 is 5.32 Å². The Morgan fingerprint density at radius 3 is 2.96 bits per heavy atom. The highest BCUT2D eigenvalue weighted by molar-refractivity contribution is 7.07. The Hall–Kier alpha value is -1.77. The number of fused-ring (bicyclic) bond motifs is 4. The minimum atomic E-state index is 0.0553. The molecule has 140 valence electrons. The van der Waals surface area contributed by atoms with Crippen molar-refractivity contribution in [1.82, 2.24) is 24.6 Å². The Kier molecular flexibility index (Phi) is 5.06. The molecule has 0 unspecified atom stereocenters. The number of nitrogens with one attached hydrogen (secondary N) is 1. The molecule has 0 aromatic carbocycles. The Morgan fingerprint density at radius 2 is 2.23 bits per heavy atom. The Bertz CT molecular complexity index is 758. The third kappa shape index (κ3) is 3.82. The molecule has 7 nitrogen and oxygen atoms in total. The van der Waals surface area contributed by atoms with E-state index in [9.17, 15) is 4.79 Å². The molecule has 26 heavy (non-hydrogen) atoms. The number of carbonyl (C=O) groups excluding carboxylic acids is 1. The summed E-state index contributed by atoms with van der Waals surface area (Å²) in [7, 11) is 1.88. The summed E-state index contributed by atoms with van der Waals surface area (Å²) in [5.74, 6) is 0.694. The lowest BCUT2D eigenvalue weighted by Crippen LogP contribution is -2.47. The van der Waals surface area contributed by atoms with Crippen LogP contribution in [0, 0.1) is 12.8 Å². The summed E-state index contributed by atoms with van der Waals surface area (Å²) in [4.78, 5) is 21.9. The zero-order valence-corrected chi connectivity index (χ0v) is 16.2. The summed E-state index contributed by atoms with van der Waals surface area (Å²) in [6, 6.07) is 0.452. The molecule has 2 atom stereocenters. The molecule has 3 aliphatic rings. The molecule has 3 aliphatic heterocycles. The van der Waals surface area contributed by atoms with Gasteiger partial charge in [-0.25, -0.2) is 4.98 Å². The van der Waals surface area contributed by atoms with Gasteiger partial charge in [-0.15, -0.1) is 11.3 Å². The highest BCUT2D eigenvalue weighted by Gasteiger charge is 2.35. The van der Waals surface area contributed by atoms with Gasteiger partial charge in [0.05, 0.1) is 35.3 Å². The van der Waals surface area contributed by atoms with Crippen molar-refractivity contribution in [3.8, 4) is 0 Å². The average molecular weight is 375 g/mol. The number of thiazole rings is 1. The van der Waals surface area contributed by atoms with E-state index in [1.54, 1.807) is 22.2 Å². The van der Waals surface area contributed by atoms with Crippen LogP contribution in [0.25, 0.3) is 0 Å². The first-order valence-corrected chi connectivity index (χ1v) is 10.1. The lowest BCUT2D eigenvalue weighted by Gasteiger charge is -2.35. The van der Waals surface area contributed by atoms with Gasteiger partial charge in [0.25, 0.3) is 0 Å². The standard InChI is InChI=1S/C18H26N6OS/c1-13-17(5-20-22(13)2)21-18(25)10-24-7-14-3-4-16(24)9-23(6-14)8-15-11-26-12-19-15/h5,11-12,14,16H,3-4,6-10H2,1-2H3,(H,21,25)/t14-,16+/m1/s1. The SMILES string of the molecule is Cc1c(NC(=O)CN2C[C@@H]3CC[C@H]2CN(Cc2cscn2)C3)cnn1C. The van der Waals surface area contributed by atoms with Crippen molar-refractivity contribution in [2.45, 2.75) is 32.4 Å². The average Bonchev–Trinajstić information content (AvgIpc) is 3.12. The molecule has 0 radical (unpaired) electrons. The molecule has 0 saturated carbocycles. The summed E-state index contributed by atoms with van der Waals surface area (Å²) in [6.45, 7) is 6.48. The lowest BCUT2D eigenvalue weighted by molar-refractivity contribution is -0.118. The monoisotopic (exact) mass is 374 g/mol. The fourth-order valence-electron chi connectivity index (χ4n) is 4.14. The second kappa shape index (κ2) is 7.46. The second-order valence-electron chi connectivity index (χ2n) is 7.52. The predicted octanol–water partition coefficient (Wildman–Crippen LogP) is 1.72. The molecule has 5 heterocycles. The minimum absolute atomic E-state index is 0.0553. The van der Waals surface area contributed by atoms with E-state index in [2.05, 4.69) is 30.6 Å². The molecular formula is C18H26N6OS. The highest BCUT2D eigenvalue weighted by atomic mass is 32.1. The number of hydrogen-bond donors (Lipinski definition) is 1. The maximum Gasteiger partial charge on any atom is 0.238 e. The topological polar surface area (TPSA) is 66.3 Å². The van der Waals surface area contributed by atoms with Gasteiger partial charge in [-0.3, -0.25) is 19.3 Å². The maximum absolute atomic E-state index is 12.6. The van der Waals surface area contributed by atoms with Crippen LogP contribution in [0.5, 0.6) is 0 Å². The van der Waals surface area contributed by atoms with Gasteiger partial charge in [0.15, 0.2) is 0 Å². The number of rotatable bonds is 5. The third-order valence-corrected chi connectivity index (χ3v) is 6.26. The molecule has 0 aliphatic carbocycles. The minimum Gasteiger partial charge on any atom is -0.322 e. The smallest absolute Gasteiger partial charge is 0.238 e. The normalized spacial score (nSPS) is 23.9. The highest BCUT2D eigenvalue weighted by Crippen LogP contribution is 2.28. The van der Waals surface area contributed by atoms with Crippen molar-refractivity contribution >= 4 is 22.9 Å². The summed E-state index contributed by atoms with van der Waals surface area (Å²) < 4.78 is 1.78. The van der Waals surface area contributed by atoms with Crippen LogP contribution in [0.4, 0.5) is 5.69 Å². The fraction of sp³-hybridized carbons (Fsp3) is 0.611. The maximum atomic E-state index is 12.6. The second-order valence-corrected chi connectivity index (χ2v) is 8.23. The number of aromatic nitrogens is 3. The summed E-state index contributed by atoms with van der Waals surface area (Å²) in [6.07, 6.45) is 4.16. The van der Waals surface area contributed by atoms with E-state index in [4.69, 9.17) is 0 Å². The van der Waals surface area contributed by atoms with Crippen LogP contribution in [0.2, 0.25) is 0 Å². The van der Waals surface area contributed by atoms with Gasteiger partial charge in [-0.1, -0.05) is 0 Å². The molecule has 8 heteroatoms. The molecule has 5 rings (SSSR count). The first-order valence-electron chi connectivity index (χ1n) is 9.20. The van der Waals surface area contributed by atoms with E-state index in [-0.39, 0.29) is 5.91 Å². The van der Waals surface area contributed by atoms with Gasteiger partial charge in [0.1, 0.15) is 0 Å². The van der Waals surface area contributed by atoms with Crippen LogP contribution < -0.4 is 5.32 Å². The van der Waals surface area contributed by atoms with Crippen molar-refractivity contribution in [3.63, 3.8) is 0 Å². The number of carbonyl (C=O) groups is 1. The molecule has 1 amide bonds. The van der Waals surface area contributed by atoms with E-state index in [0.29, 0.717) is 18.5 Å². The van der Waals surface area contributed by atoms with Crippen LogP contribution in [0.3, 0.4) is 0 Å². The third-order valence-electron chi connectivity index (χ3n) is 5.63. The van der Waals surface area contributed by atoms with Gasteiger partial charge in [-0.05, 0) is 25.7 Å². The van der Waals surface area contributed by atoms with Crippen LogP contribution in [0.15, 0.2) is 17.1 Å². The van der Waals surface area contributed by atoms with Crippen molar-refractivity contribution < 1.29 is 4.79 Å². The van der Waals surface area contributed by atoms with Gasteiger partial charge in [-0.2, -0.15) is 5.10 Å². The molecule has 0 spiro atoms. The molecule has 3 fully saturated rings.